The molecule has 3 heterocycles. The fourth-order valence-electron chi connectivity index (χ4n) is 3.39. The second kappa shape index (κ2) is 7.67. The van der Waals surface area contributed by atoms with Crippen LogP contribution in [0.1, 0.15) is 28.0 Å². The minimum atomic E-state index is -0.150. The Balaban J connectivity index is 1.57. The number of methoxy groups -OCH3 is 1. The number of rotatable bonds is 4. The first-order valence-corrected chi connectivity index (χ1v) is 10.0. The number of nitrogens with zero attached hydrogens (tertiary/aromatic N) is 4. The number of thiazole rings is 1. The molecule has 8 nitrogen and oxygen atoms in total. The Morgan fingerprint density at radius 2 is 2.07 bits per heavy atom. The van der Waals surface area contributed by atoms with E-state index in [4.69, 9.17) is 4.74 Å². The molecule has 0 radical (unpaired) electrons. The Hall–Kier alpha value is -3.20. The SMILES string of the molecule is COc1ccccc1-c1cc(C(=O)N2CCc3nc(NC(C)=O)sc3C2)n(C)n1. The molecule has 1 N–H and O–H groups in total. The number of carbonyl (C=O) groups excluding carboxylic acids is 2. The number of amides is 2. The van der Waals surface area contributed by atoms with Gasteiger partial charge in [-0.05, 0) is 18.2 Å². The van der Waals surface area contributed by atoms with Gasteiger partial charge in [0.15, 0.2) is 5.13 Å². The molecule has 0 bridgehead atoms. The maximum atomic E-state index is 13.2. The van der Waals surface area contributed by atoms with Crippen molar-refractivity contribution in [2.75, 3.05) is 19.0 Å². The van der Waals surface area contributed by atoms with E-state index in [9.17, 15) is 9.59 Å². The van der Waals surface area contributed by atoms with Crippen LogP contribution in [0.4, 0.5) is 5.13 Å². The number of fused-ring (bicyclic) bond motifs is 1. The van der Waals surface area contributed by atoms with Crippen LogP contribution in [-0.4, -0.2) is 45.1 Å². The topological polar surface area (TPSA) is 89.4 Å². The molecule has 1 aromatic carbocycles. The van der Waals surface area contributed by atoms with Gasteiger partial charge in [0.05, 0.1) is 25.0 Å². The highest BCUT2D eigenvalue weighted by Crippen LogP contribution is 2.31. The normalized spacial score (nSPS) is 13.1. The van der Waals surface area contributed by atoms with Crippen molar-refractivity contribution in [3.05, 3.63) is 46.6 Å². The number of benzene rings is 1. The molecule has 0 atom stereocenters. The molecule has 0 fully saturated rings. The zero-order chi connectivity index (χ0) is 20.5. The maximum absolute atomic E-state index is 13.2. The van der Waals surface area contributed by atoms with Crippen molar-refractivity contribution in [2.24, 2.45) is 7.05 Å². The molecule has 1 aliphatic heterocycles. The lowest BCUT2D eigenvalue weighted by Gasteiger charge is -2.25. The molecular weight excluding hydrogens is 390 g/mol. The predicted octanol–water partition coefficient (Wildman–Crippen LogP) is 2.71. The van der Waals surface area contributed by atoms with Gasteiger partial charge in [-0.25, -0.2) is 4.98 Å². The average Bonchev–Trinajstić information content (AvgIpc) is 3.28. The van der Waals surface area contributed by atoms with Crippen LogP contribution in [0.15, 0.2) is 30.3 Å². The van der Waals surface area contributed by atoms with Crippen LogP contribution >= 0.6 is 11.3 Å². The van der Waals surface area contributed by atoms with E-state index in [1.54, 1.807) is 29.8 Å². The summed E-state index contributed by atoms with van der Waals surface area (Å²) in [4.78, 5) is 31.7. The zero-order valence-corrected chi connectivity index (χ0v) is 17.2. The van der Waals surface area contributed by atoms with Gasteiger partial charge in [0.2, 0.25) is 5.91 Å². The molecule has 9 heteroatoms. The first kappa shape index (κ1) is 19.1. The van der Waals surface area contributed by atoms with Crippen molar-refractivity contribution in [1.29, 1.82) is 0 Å². The molecule has 0 saturated carbocycles. The predicted molar refractivity (Wildman–Crippen MR) is 110 cm³/mol. The second-order valence-corrected chi connectivity index (χ2v) is 7.87. The molecule has 150 valence electrons. The smallest absolute Gasteiger partial charge is 0.272 e. The summed E-state index contributed by atoms with van der Waals surface area (Å²) in [6.07, 6.45) is 0.661. The van der Waals surface area contributed by atoms with E-state index < -0.39 is 0 Å². The molecular formula is C20H21N5O3S. The fourth-order valence-corrected chi connectivity index (χ4v) is 4.46. The molecule has 2 aromatic heterocycles. The van der Waals surface area contributed by atoms with Gasteiger partial charge in [-0.1, -0.05) is 23.5 Å². The summed E-state index contributed by atoms with van der Waals surface area (Å²) in [5.41, 5.74) is 2.99. The van der Waals surface area contributed by atoms with Crippen molar-refractivity contribution >= 4 is 28.3 Å². The van der Waals surface area contributed by atoms with Crippen LogP contribution in [0.2, 0.25) is 0 Å². The van der Waals surface area contributed by atoms with Crippen LogP contribution in [0, 0.1) is 0 Å². The number of aryl methyl sites for hydroxylation is 1. The van der Waals surface area contributed by atoms with E-state index in [0.717, 1.165) is 16.1 Å². The minimum Gasteiger partial charge on any atom is -0.496 e. The highest BCUT2D eigenvalue weighted by Gasteiger charge is 2.27. The van der Waals surface area contributed by atoms with Crippen molar-refractivity contribution in [2.45, 2.75) is 19.9 Å². The number of nitrogens with one attached hydrogen (secondary N) is 1. The van der Waals surface area contributed by atoms with Crippen molar-refractivity contribution < 1.29 is 14.3 Å². The number of hydrogen-bond acceptors (Lipinski definition) is 6. The molecule has 0 aliphatic carbocycles. The van der Waals surface area contributed by atoms with E-state index in [0.29, 0.717) is 41.8 Å². The third-order valence-electron chi connectivity index (χ3n) is 4.78. The van der Waals surface area contributed by atoms with Crippen LogP contribution < -0.4 is 10.1 Å². The van der Waals surface area contributed by atoms with E-state index in [2.05, 4.69) is 15.4 Å². The van der Waals surface area contributed by atoms with Crippen LogP contribution in [0.5, 0.6) is 5.75 Å². The van der Waals surface area contributed by atoms with Crippen molar-refractivity contribution in [1.82, 2.24) is 19.7 Å². The van der Waals surface area contributed by atoms with E-state index in [-0.39, 0.29) is 11.8 Å². The van der Waals surface area contributed by atoms with Gasteiger partial charge in [0, 0.05) is 37.4 Å². The van der Waals surface area contributed by atoms with Gasteiger partial charge in [-0.2, -0.15) is 5.10 Å². The molecule has 0 spiro atoms. The molecule has 2 amide bonds. The Bertz CT molecular complexity index is 1090. The molecule has 29 heavy (non-hydrogen) atoms. The van der Waals surface area contributed by atoms with E-state index in [1.165, 1.54) is 18.3 Å². The summed E-state index contributed by atoms with van der Waals surface area (Å²) in [6, 6.07) is 9.40. The quantitative estimate of drug-likeness (QED) is 0.713. The lowest BCUT2D eigenvalue weighted by Crippen LogP contribution is -2.36. The summed E-state index contributed by atoms with van der Waals surface area (Å²) in [7, 11) is 3.38. The third kappa shape index (κ3) is 3.73. The lowest BCUT2D eigenvalue weighted by atomic mass is 10.1. The number of aromatic nitrogens is 3. The number of anilines is 1. The standard InChI is InChI=1S/C20H21N5O3S/c1-12(26)21-20-22-14-8-9-25(11-18(14)29-20)19(27)16-10-15(23-24(16)2)13-6-4-5-7-17(13)28-3/h4-7,10H,8-9,11H2,1-3H3,(H,21,22,26). The summed E-state index contributed by atoms with van der Waals surface area (Å²) in [5.74, 6) is 0.478. The lowest BCUT2D eigenvalue weighted by molar-refractivity contribution is -0.114. The van der Waals surface area contributed by atoms with Crippen molar-refractivity contribution in [3.63, 3.8) is 0 Å². The highest BCUT2D eigenvalue weighted by molar-refractivity contribution is 7.15. The largest absolute Gasteiger partial charge is 0.496 e. The van der Waals surface area contributed by atoms with Gasteiger partial charge in [-0.3, -0.25) is 14.3 Å². The van der Waals surface area contributed by atoms with Crippen molar-refractivity contribution in [3.8, 4) is 17.0 Å². The monoisotopic (exact) mass is 411 g/mol. The number of hydrogen-bond donors (Lipinski definition) is 1. The number of ether oxygens (including phenoxy) is 1. The molecule has 3 aromatic rings. The maximum Gasteiger partial charge on any atom is 0.272 e. The second-order valence-electron chi connectivity index (χ2n) is 6.79. The third-order valence-corrected chi connectivity index (χ3v) is 5.78. The first-order valence-electron chi connectivity index (χ1n) is 9.19. The zero-order valence-electron chi connectivity index (χ0n) is 16.4. The fraction of sp³-hybridized carbons (Fsp3) is 0.300. The molecule has 4 rings (SSSR count). The Morgan fingerprint density at radius 1 is 1.28 bits per heavy atom. The Labute approximate surface area is 172 Å². The molecule has 0 unspecified atom stereocenters. The van der Waals surface area contributed by atoms with Gasteiger partial charge in [-0.15, -0.1) is 0 Å². The first-order chi connectivity index (χ1) is 14.0. The van der Waals surface area contributed by atoms with Gasteiger partial charge in [0.25, 0.3) is 5.91 Å². The van der Waals surface area contributed by atoms with Crippen LogP contribution in [0.25, 0.3) is 11.3 Å². The van der Waals surface area contributed by atoms with Gasteiger partial charge in [0.1, 0.15) is 11.4 Å². The summed E-state index contributed by atoms with van der Waals surface area (Å²) < 4.78 is 7.02. The number of carbonyl (C=O) groups is 2. The minimum absolute atomic E-state index is 0.0822. The van der Waals surface area contributed by atoms with Gasteiger partial charge < -0.3 is 15.0 Å². The molecule has 1 aliphatic rings. The summed E-state index contributed by atoms with van der Waals surface area (Å²) in [5, 5.41) is 7.82. The van der Waals surface area contributed by atoms with E-state index in [1.807, 2.05) is 24.3 Å². The van der Waals surface area contributed by atoms with Gasteiger partial charge >= 0.3 is 0 Å². The highest BCUT2D eigenvalue weighted by atomic mass is 32.1. The van der Waals surface area contributed by atoms with Crippen LogP contribution in [0.3, 0.4) is 0 Å². The number of para-hydroxylation sites is 1. The molecule has 0 saturated heterocycles. The summed E-state index contributed by atoms with van der Waals surface area (Å²) >= 11 is 1.42. The van der Waals surface area contributed by atoms with Crippen LogP contribution in [-0.2, 0) is 24.8 Å². The summed E-state index contributed by atoms with van der Waals surface area (Å²) in [6.45, 7) is 2.50. The van der Waals surface area contributed by atoms with E-state index >= 15 is 0 Å². The Morgan fingerprint density at radius 3 is 2.83 bits per heavy atom. The average molecular weight is 411 g/mol. The Kier molecular flexibility index (Phi) is 5.06.